The second kappa shape index (κ2) is 7.90. The molecule has 1 fully saturated rings. The number of aromatic nitrogens is 2. The number of hydrogen-bond donors (Lipinski definition) is 1. The second-order valence-corrected chi connectivity index (χ2v) is 6.66. The van der Waals surface area contributed by atoms with Gasteiger partial charge in [0.25, 0.3) is 0 Å². The minimum Gasteiger partial charge on any atom is -0.339 e. The van der Waals surface area contributed by atoms with Crippen LogP contribution in [0.15, 0.2) is 65.6 Å². The van der Waals surface area contributed by atoms with Gasteiger partial charge in [-0.25, -0.2) is 0 Å². The molecule has 2 aromatic carbocycles. The van der Waals surface area contributed by atoms with Crippen LogP contribution < -0.4 is 11.2 Å². The summed E-state index contributed by atoms with van der Waals surface area (Å²) < 4.78 is 1.58. The number of nitrogens with two attached hydrogens (primary N) is 1. The third-order valence-electron chi connectivity index (χ3n) is 4.99. The Morgan fingerprint density at radius 1 is 1.07 bits per heavy atom. The van der Waals surface area contributed by atoms with Crippen LogP contribution in [0.4, 0.5) is 0 Å². The minimum atomic E-state index is -0.142. The van der Waals surface area contributed by atoms with E-state index >= 15 is 0 Å². The summed E-state index contributed by atoms with van der Waals surface area (Å²) in [6.45, 7) is 1.22. The first-order valence-electron chi connectivity index (χ1n) is 8.66. The molecule has 6 nitrogen and oxygen atoms in total. The largest absolute Gasteiger partial charge is 0.339 e. The predicted octanol–water partition coefficient (Wildman–Crippen LogP) is 1.77. The lowest BCUT2D eigenvalue weighted by atomic mass is 9.95. The highest BCUT2D eigenvalue weighted by Gasteiger charge is 2.33. The molecule has 0 saturated carbocycles. The Hall–Kier alpha value is -2.70. The van der Waals surface area contributed by atoms with E-state index in [1.165, 1.54) is 6.20 Å². The predicted molar refractivity (Wildman–Crippen MR) is 107 cm³/mol. The van der Waals surface area contributed by atoms with E-state index in [-0.39, 0.29) is 42.2 Å². The van der Waals surface area contributed by atoms with Crippen molar-refractivity contribution in [3.63, 3.8) is 0 Å². The van der Waals surface area contributed by atoms with Crippen molar-refractivity contribution in [3.05, 3.63) is 76.6 Å². The quantitative estimate of drug-likeness (QED) is 0.746. The maximum absolute atomic E-state index is 12.8. The number of halogens is 1. The number of nitrogens with zero attached hydrogens (tertiary/aromatic N) is 3. The fraction of sp³-hybridized carbons (Fsp3) is 0.250. The van der Waals surface area contributed by atoms with Gasteiger partial charge in [-0.2, -0.15) is 5.10 Å². The normalized spacial score (nSPS) is 19.1. The highest BCUT2D eigenvalue weighted by Crippen LogP contribution is 2.26. The van der Waals surface area contributed by atoms with Crippen molar-refractivity contribution >= 4 is 29.2 Å². The van der Waals surface area contributed by atoms with Gasteiger partial charge in [0.15, 0.2) is 0 Å². The molecule has 140 valence electrons. The van der Waals surface area contributed by atoms with E-state index in [1.54, 1.807) is 27.8 Å². The number of carbonyl (C=O) groups excluding carboxylic acids is 1. The maximum atomic E-state index is 12.8. The summed E-state index contributed by atoms with van der Waals surface area (Å²) in [7, 11) is 0. The lowest BCUT2D eigenvalue weighted by Crippen LogP contribution is -2.35. The van der Waals surface area contributed by atoms with Gasteiger partial charge >= 0.3 is 0 Å². The van der Waals surface area contributed by atoms with Gasteiger partial charge in [-0.05, 0) is 17.7 Å². The average Bonchev–Trinajstić information content (AvgIpc) is 3.07. The Bertz CT molecular complexity index is 1010. The zero-order valence-electron chi connectivity index (χ0n) is 14.7. The van der Waals surface area contributed by atoms with Crippen molar-refractivity contribution < 1.29 is 4.79 Å². The average molecular weight is 385 g/mol. The molecule has 0 unspecified atom stereocenters. The van der Waals surface area contributed by atoms with E-state index in [0.717, 1.165) is 5.56 Å². The van der Waals surface area contributed by atoms with Crippen molar-refractivity contribution in [3.8, 4) is 0 Å². The fourth-order valence-corrected chi connectivity index (χ4v) is 3.60. The Morgan fingerprint density at radius 3 is 2.56 bits per heavy atom. The van der Waals surface area contributed by atoms with E-state index < -0.39 is 0 Å². The summed E-state index contributed by atoms with van der Waals surface area (Å²) in [5, 5.41) is 4.70. The number of benzene rings is 2. The molecule has 2 atom stereocenters. The Morgan fingerprint density at radius 2 is 1.78 bits per heavy atom. The summed E-state index contributed by atoms with van der Waals surface area (Å²) in [5.41, 5.74) is 7.96. The van der Waals surface area contributed by atoms with E-state index in [2.05, 4.69) is 17.2 Å². The van der Waals surface area contributed by atoms with Crippen LogP contribution in [0.5, 0.6) is 0 Å². The van der Waals surface area contributed by atoms with Crippen LogP contribution in [0.1, 0.15) is 11.5 Å². The lowest BCUT2D eigenvalue weighted by Gasteiger charge is -2.18. The lowest BCUT2D eigenvalue weighted by molar-refractivity contribution is -0.131. The number of carbonyl (C=O) groups is 1. The van der Waals surface area contributed by atoms with Gasteiger partial charge in [-0.1, -0.05) is 42.5 Å². The number of rotatable bonds is 3. The van der Waals surface area contributed by atoms with E-state index in [1.807, 2.05) is 24.3 Å². The molecule has 1 aliphatic rings. The van der Waals surface area contributed by atoms with E-state index in [4.69, 9.17) is 5.73 Å². The molecule has 0 bridgehead atoms. The van der Waals surface area contributed by atoms with Crippen LogP contribution in [-0.2, 0) is 11.3 Å². The maximum Gasteiger partial charge on any atom is 0.244 e. The molecule has 4 rings (SSSR count). The van der Waals surface area contributed by atoms with E-state index in [9.17, 15) is 9.59 Å². The second-order valence-electron chi connectivity index (χ2n) is 6.66. The van der Waals surface area contributed by atoms with Gasteiger partial charge < -0.3 is 10.6 Å². The molecule has 1 amide bonds. The fourth-order valence-electron chi connectivity index (χ4n) is 3.60. The Labute approximate surface area is 163 Å². The molecule has 1 aromatic heterocycles. The first-order valence-corrected chi connectivity index (χ1v) is 8.66. The Balaban J connectivity index is 0.00000210. The molecular formula is C20H21ClN4O2. The minimum absolute atomic E-state index is 0. The van der Waals surface area contributed by atoms with Gasteiger partial charge in [0.05, 0.1) is 11.7 Å². The van der Waals surface area contributed by atoms with Crippen LogP contribution in [0.25, 0.3) is 10.9 Å². The van der Waals surface area contributed by atoms with Gasteiger partial charge in [0.1, 0.15) is 6.54 Å². The first kappa shape index (κ1) is 19.1. The number of amides is 1. The topological polar surface area (TPSA) is 81.2 Å². The summed E-state index contributed by atoms with van der Waals surface area (Å²) in [6, 6.07) is 17.2. The summed E-state index contributed by atoms with van der Waals surface area (Å²) in [6.07, 6.45) is 1.26. The van der Waals surface area contributed by atoms with Crippen LogP contribution >= 0.6 is 12.4 Å². The highest BCUT2D eigenvalue weighted by molar-refractivity contribution is 5.85. The molecule has 1 saturated heterocycles. The molecule has 2 N–H and O–H groups in total. The molecule has 0 radical (unpaired) electrons. The number of hydrogen-bond acceptors (Lipinski definition) is 4. The van der Waals surface area contributed by atoms with Gasteiger partial charge in [0, 0.05) is 30.4 Å². The highest BCUT2D eigenvalue weighted by atomic mass is 35.5. The molecule has 0 aliphatic carbocycles. The van der Waals surface area contributed by atoms with Crippen molar-refractivity contribution in [1.82, 2.24) is 14.7 Å². The smallest absolute Gasteiger partial charge is 0.244 e. The molecule has 1 aliphatic heterocycles. The van der Waals surface area contributed by atoms with Gasteiger partial charge in [0.2, 0.25) is 11.3 Å². The molecule has 27 heavy (non-hydrogen) atoms. The molecule has 2 heterocycles. The zero-order valence-corrected chi connectivity index (χ0v) is 15.5. The van der Waals surface area contributed by atoms with Crippen LogP contribution in [0, 0.1) is 0 Å². The van der Waals surface area contributed by atoms with Crippen LogP contribution in [0.3, 0.4) is 0 Å². The van der Waals surface area contributed by atoms with Crippen molar-refractivity contribution in [1.29, 1.82) is 0 Å². The van der Waals surface area contributed by atoms with Gasteiger partial charge in [-0.15, -0.1) is 12.4 Å². The molecule has 0 spiro atoms. The Kier molecular flexibility index (Phi) is 5.58. The molecular weight excluding hydrogens is 364 g/mol. The van der Waals surface area contributed by atoms with Crippen molar-refractivity contribution in [2.24, 2.45) is 5.73 Å². The number of likely N-dealkylation sites (tertiary alicyclic amines) is 1. The van der Waals surface area contributed by atoms with Crippen LogP contribution in [-0.4, -0.2) is 39.7 Å². The van der Waals surface area contributed by atoms with Gasteiger partial charge in [-0.3, -0.25) is 14.3 Å². The summed E-state index contributed by atoms with van der Waals surface area (Å²) in [5.74, 6) is 0.0963. The summed E-state index contributed by atoms with van der Waals surface area (Å²) in [4.78, 5) is 26.5. The first-order chi connectivity index (χ1) is 12.6. The van der Waals surface area contributed by atoms with Crippen molar-refractivity contribution in [2.75, 3.05) is 13.1 Å². The zero-order chi connectivity index (χ0) is 18.1. The standard InChI is InChI=1S/C20H20N4O2.ClH/c21-17-12-23(11-16(17)14-6-2-1-3-7-14)20(26)13-24-18-9-5-4-8-15(18)19(25)10-22-24;/h1-10,16-17H,11-13,21H2;1H/t16-,17+;/m0./s1. The number of fused-ring (bicyclic) bond motifs is 1. The summed E-state index contributed by atoms with van der Waals surface area (Å²) >= 11 is 0. The van der Waals surface area contributed by atoms with E-state index in [0.29, 0.717) is 24.0 Å². The van der Waals surface area contributed by atoms with Crippen LogP contribution in [0.2, 0.25) is 0 Å². The van der Waals surface area contributed by atoms with Crippen molar-refractivity contribution in [2.45, 2.75) is 18.5 Å². The third kappa shape index (κ3) is 3.72. The third-order valence-corrected chi connectivity index (χ3v) is 4.99. The monoisotopic (exact) mass is 384 g/mol. The molecule has 7 heteroatoms. The SMILES string of the molecule is Cl.N[C@@H]1CN(C(=O)Cn2ncc(=O)c3ccccc32)C[C@H]1c1ccccc1. The molecule has 3 aromatic rings. The number of para-hydroxylation sites is 1.